The second kappa shape index (κ2) is 11.9. The fourth-order valence-corrected chi connectivity index (χ4v) is 4.76. The van der Waals surface area contributed by atoms with Crippen molar-refractivity contribution in [1.82, 2.24) is 24.2 Å². The Bertz CT molecular complexity index is 1120. The molecule has 36 heavy (non-hydrogen) atoms. The highest BCUT2D eigenvalue weighted by Gasteiger charge is 2.23. The third kappa shape index (κ3) is 6.25. The number of hydrogen-bond donors (Lipinski definition) is 0. The molecule has 0 spiro atoms. The molecule has 4 heterocycles. The molecule has 4 rings (SSSR count). The molecule has 0 N–H and O–H groups in total. The summed E-state index contributed by atoms with van der Waals surface area (Å²) in [6.45, 7) is 13.4. The minimum absolute atomic E-state index is 0.110. The van der Waals surface area contributed by atoms with Crippen molar-refractivity contribution in [3.63, 3.8) is 0 Å². The standard InChI is InChI=1S/C29H42N6O/c1-22(2)13-18-34(19-14-23(3)4)29(36)24-11-12-27-31-28(32(5)26-10-6-7-15-30-26)25(35(27)20-24)21-33-16-8-9-17-33/h6-7,10-12,15,20,22-23H,8-9,13-14,16-19,21H2,1-5H3. The summed E-state index contributed by atoms with van der Waals surface area (Å²) in [6, 6.07) is 9.84. The summed E-state index contributed by atoms with van der Waals surface area (Å²) in [5.74, 6) is 2.98. The number of pyridine rings is 2. The number of imidazole rings is 1. The van der Waals surface area contributed by atoms with Gasteiger partial charge in [0.1, 0.15) is 11.5 Å². The van der Waals surface area contributed by atoms with Crippen LogP contribution in [0, 0.1) is 11.8 Å². The molecule has 194 valence electrons. The Morgan fingerprint density at radius 2 is 1.69 bits per heavy atom. The highest BCUT2D eigenvalue weighted by molar-refractivity contribution is 5.94. The van der Waals surface area contributed by atoms with Crippen LogP contribution >= 0.6 is 0 Å². The summed E-state index contributed by atoms with van der Waals surface area (Å²) in [5.41, 5.74) is 2.68. The second-order valence-electron chi connectivity index (χ2n) is 10.9. The summed E-state index contributed by atoms with van der Waals surface area (Å²) in [5, 5.41) is 0. The van der Waals surface area contributed by atoms with Crippen molar-refractivity contribution in [3.8, 4) is 0 Å². The third-order valence-electron chi connectivity index (χ3n) is 7.07. The van der Waals surface area contributed by atoms with E-state index >= 15 is 0 Å². The Balaban J connectivity index is 1.70. The zero-order valence-electron chi connectivity index (χ0n) is 22.7. The van der Waals surface area contributed by atoms with Gasteiger partial charge < -0.3 is 9.80 Å². The number of likely N-dealkylation sites (tertiary alicyclic amines) is 1. The van der Waals surface area contributed by atoms with Gasteiger partial charge in [-0.05, 0) is 74.9 Å². The number of anilines is 2. The van der Waals surface area contributed by atoms with Gasteiger partial charge in [-0.2, -0.15) is 0 Å². The molecular formula is C29H42N6O. The molecule has 0 aromatic carbocycles. The highest BCUT2D eigenvalue weighted by atomic mass is 16.2. The topological polar surface area (TPSA) is 57.0 Å². The number of hydrogen-bond acceptors (Lipinski definition) is 5. The third-order valence-corrected chi connectivity index (χ3v) is 7.07. The first-order valence-corrected chi connectivity index (χ1v) is 13.5. The zero-order chi connectivity index (χ0) is 25.7. The SMILES string of the molecule is CC(C)CCN(CCC(C)C)C(=O)c1ccc2nc(N(C)c3ccccn3)c(CN3CCCC3)n2c1. The molecule has 7 heteroatoms. The van der Waals surface area contributed by atoms with Crippen molar-refractivity contribution >= 4 is 23.2 Å². The van der Waals surface area contributed by atoms with E-state index in [9.17, 15) is 4.79 Å². The van der Waals surface area contributed by atoms with Crippen molar-refractivity contribution in [2.45, 2.75) is 59.9 Å². The number of amides is 1. The first-order chi connectivity index (χ1) is 17.3. The molecule has 1 amide bonds. The molecule has 0 bridgehead atoms. The van der Waals surface area contributed by atoms with Crippen LogP contribution < -0.4 is 4.90 Å². The van der Waals surface area contributed by atoms with Gasteiger partial charge in [-0.15, -0.1) is 0 Å². The predicted molar refractivity (Wildman–Crippen MR) is 147 cm³/mol. The lowest BCUT2D eigenvalue weighted by molar-refractivity contribution is 0.0740. The van der Waals surface area contributed by atoms with Gasteiger partial charge in [-0.3, -0.25) is 14.1 Å². The average molecular weight is 491 g/mol. The highest BCUT2D eigenvalue weighted by Crippen LogP contribution is 2.29. The smallest absolute Gasteiger partial charge is 0.255 e. The maximum atomic E-state index is 13.7. The molecule has 0 aliphatic carbocycles. The first-order valence-electron chi connectivity index (χ1n) is 13.5. The molecule has 0 radical (unpaired) electrons. The van der Waals surface area contributed by atoms with Gasteiger partial charge >= 0.3 is 0 Å². The maximum absolute atomic E-state index is 13.7. The fraction of sp³-hybridized carbons (Fsp3) is 0.552. The number of fused-ring (bicyclic) bond motifs is 1. The Morgan fingerprint density at radius 1 is 1.00 bits per heavy atom. The van der Waals surface area contributed by atoms with Crippen LogP contribution in [-0.2, 0) is 6.54 Å². The number of aromatic nitrogens is 3. The van der Waals surface area contributed by atoms with Crippen molar-refractivity contribution in [2.75, 3.05) is 38.1 Å². The van der Waals surface area contributed by atoms with Crippen molar-refractivity contribution < 1.29 is 4.79 Å². The van der Waals surface area contributed by atoms with Crippen LogP contribution in [0.3, 0.4) is 0 Å². The molecule has 0 saturated carbocycles. The second-order valence-corrected chi connectivity index (χ2v) is 10.9. The van der Waals surface area contributed by atoms with E-state index in [1.165, 1.54) is 12.8 Å². The van der Waals surface area contributed by atoms with Gasteiger partial charge in [0.25, 0.3) is 5.91 Å². The number of rotatable bonds is 11. The van der Waals surface area contributed by atoms with E-state index in [2.05, 4.69) is 46.9 Å². The lowest BCUT2D eigenvalue weighted by atomic mass is 10.1. The van der Waals surface area contributed by atoms with Crippen LogP contribution in [0.5, 0.6) is 0 Å². The van der Waals surface area contributed by atoms with Gasteiger partial charge in [0, 0.05) is 39.1 Å². The largest absolute Gasteiger partial charge is 0.339 e. The van der Waals surface area contributed by atoms with Crippen molar-refractivity contribution in [3.05, 3.63) is 54.0 Å². The average Bonchev–Trinajstić information content (AvgIpc) is 3.51. The van der Waals surface area contributed by atoms with E-state index in [-0.39, 0.29) is 5.91 Å². The van der Waals surface area contributed by atoms with E-state index in [4.69, 9.17) is 4.98 Å². The monoisotopic (exact) mass is 490 g/mol. The lowest BCUT2D eigenvalue weighted by Gasteiger charge is -2.25. The molecule has 3 aromatic heterocycles. The molecule has 0 atom stereocenters. The first kappa shape index (κ1) is 26.1. The minimum atomic E-state index is 0.110. The Morgan fingerprint density at radius 3 is 2.31 bits per heavy atom. The van der Waals surface area contributed by atoms with Crippen LogP contribution in [0.15, 0.2) is 42.7 Å². The molecule has 1 fully saturated rings. The summed E-state index contributed by atoms with van der Waals surface area (Å²) in [7, 11) is 2.02. The molecule has 0 unspecified atom stereocenters. The summed E-state index contributed by atoms with van der Waals surface area (Å²) in [4.78, 5) is 29.8. The van der Waals surface area contributed by atoms with E-state index < -0.39 is 0 Å². The number of carbonyl (C=O) groups is 1. The molecule has 7 nitrogen and oxygen atoms in total. The van der Waals surface area contributed by atoms with Gasteiger partial charge in [-0.1, -0.05) is 33.8 Å². The van der Waals surface area contributed by atoms with Crippen LogP contribution in [0.25, 0.3) is 5.65 Å². The molecule has 1 saturated heterocycles. The summed E-state index contributed by atoms with van der Waals surface area (Å²) < 4.78 is 2.13. The van der Waals surface area contributed by atoms with Gasteiger partial charge in [0.2, 0.25) is 0 Å². The summed E-state index contributed by atoms with van der Waals surface area (Å²) >= 11 is 0. The maximum Gasteiger partial charge on any atom is 0.255 e. The summed E-state index contributed by atoms with van der Waals surface area (Å²) in [6.07, 6.45) is 8.29. The Labute approximate surface area is 216 Å². The van der Waals surface area contributed by atoms with Gasteiger partial charge in [-0.25, -0.2) is 9.97 Å². The minimum Gasteiger partial charge on any atom is -0.339 e. The lowest BCUT2D eigenvalue weighted by Crippen LogP contribution is -2.34. The molecular weight excluding hydrogens is 448 g/mol. The van der Waals surface area contributed by atoms with E-state index in [1.54, 1.807) is 6.20 Å². The van der Waals surface area contributed by atoms with E-state index in [0.717, 1.165) is 74.1 Å². The molecule has 1 aliphatic rings. The predicted octanol–water partition coefficient (Wildman–Crippen LogP) is 5.63. The Hall–Kier alpha value is -2.93. The number of nitrogens with zero attached hydrogens (tertiary/aromatic N) is 6. The van der Waals surface area contributed by atoms with Crippen LogP contribution in [-0.4, -0.2) is 63.3 Å². The van der Waals surface area contributed by atoms with Gasteiger partial charge in [0.05, 0.1) is 11.3 Å². The van der Waals surface area contributed by atoms with Crippen LogP contribution in [0.2, 0.25) is 0 Å². The normalized spacial score (nSPS) is 14.3. The van der Waals surface area contributed by atoms with Crippen molar-refractivity contribution in [1.29, 1.82) is 0 Å². The van der Waals surface area contributed by atoms with Gasteiger partial charge in [0.15, 0.2) is 5.82 Å². The Kier molecular flexibility index (Phi) is 8.62. The van der Waals surface area contributed by atoms with E-state index in [0.29, 0.717) is 11.8 Å². The molecule has 3 aromatic rings. The quantitative estimate of drug-likeness (QED) is 0.349. The fourth-order valence-electron chi connectivity index (χ4n) is 4.76. The van der Waals surface area contributed by atoms with Crippen molar-refractivity contribution in [2.24, 2.45) is 11.8 Å². The van der Waals surface area contributed by atoms with Crippen LogP contribution in [0.1, 0.15) is 69.4 Å². The number of carbonyl (C=O) groups excluding carboxylic acids is 1. The zero-order valence-corrected chi connectivity index (χ0v) is 22.7. The van der Waals surface area contributed by atoms with Crippen LogP contribution in [0.4, 0.5) is 11.6 Å². The molecule has 1 aliphatic heterocycles. The van der Waals surface area contributed by atoms with E-state index in [1.807, 2.05) is 48.5 Å².